The van der Waals surface area contributed by atoms with Gasteiger partial charge in [-0.15, -0.1) is 0 Å². The maximum absolute atomic E-state index is 12.2. The average Bonchev–Trinajstić information content (AvgIpc) is 2.90. The second-order valence-electron chi connectivity index (χ2n) is 5.38. The summed E-state index contributed by atoms with van der Waals surface area (Å²) in [7, 11) is 0. The lowest BCUT2D eigenvalue weighted by molar-refractivity contribution is -0.153. The second kappa shape index (κ2) is 8.43. The van der Waals surface area contributed by atoms with Gasteiger partial charge in [0.1, 0.15) is 12.7 Å². The molecule has 136 valence electrons. The summed E-state index contributed by atoms with van der Waals surface area (Å²) >= 11 is 1.95. The SMILES string of the molecule is CC(=O)OC[C@H]1C[C@@H](OC(C)=O)[C@H](n2cc(/C=C/I)c(=O)[nH]c2=O)O1. The molecule has 0 amide bonds. The third kappa shape index (κ3) is 5.01. The average molecular weight is 464 g/mol. The highest BCUT2D eigenvalue weighted by Crippen LogP contribution is 2.30. The zero-order valence-electron chi connectivity index (χ0n) is 13.6. The molecule has 0 unspecified atom stereocenters. The van der Waals surface area contributed by atoms with Crippen LogP contribution in [-0.4, -0.2) is 40.3 Å². The van der Waals surface area contributed by atoms with Crippen LogP contribution in [0.1, 0.15) is 32.1 Å². The van der Waals surface area contributed by atoms with Gasteiger partial charge in [-0.05, 0) is 10.2 Å². The van der Waals surface area contributed by atoms with Crippen molar-refractivity contribution in [2.45, 2.75) is 38.7 Å². The first kappa shape index (κ1) is 19.4. The molecule has 0 spiro atoms. The summed E-state index contributed by atoms with van der Waals surface area (Å²) in [6.07, 6.45) is 0.891. The molecule has 1 aliphatic heterocycles. The lowest BCUT2D eigenvalue weighted by Crippen LogP contribution is -2.37. The summed E-state index contributed by atoms with van der Waals surface area (Å²) in [5, 5.41) is 0. The molecule has 1 aromatic rings. The summed E-state index contributed by atoms with van der Waals surface area (Å²) in [6, 6.07) is 0. The summed E-state index contributed by atoms with van der Waals surface area (Å²) in [5.41, 5.74) is -0.971. The maximum Gasteiger partial charge on any atom is 0.330 e. The Bertz CT molecular complexity index is 798. The zero-order chi connectivity index (χ0) is 18.6. The normalized spacial score (nSPS) is 22.9. The van der Waals surface area contributed by atoms with Crippen LogP contribution in [0.5, 0.6) is 0 Å². The minimum atomic E-state index is -0.935. The van der Waals surface area contributed by atoms with Crippen molar-refractivity contribution < 1.29 is 23.8 Å². The fourth-order valence-electron chi connectivity index (χ4n) is 2.47. The minimum Gasteiger partial charge on any atom is -0.463 e. The molecule has 1 saturated heterocycles. The molecule has 25 heavy (non-hydrogen) atoms. The molecule has 0 aliphatic carbocycles. The van der Waals surface area contributed by atoms with Gasteiger partial charge in [-0.1, -0.05) is 22.6 Å². The van der Waals surface area contributed by atoms with E-state index in [-0.39, 0.29) is 18.6 Å². The number of carbonyl (C=O) groups is 2. The van der Waals surface area contributed by atoms with Crippen LogP contribution < -0.4 is 11.2 Å². The Balaban J connectivity index is 2.34. The molecular formula is C15H17IN2O7. The van der Waals surface area contributed by atoms with Gasteiger partial charge in [-0.3, -0.25) is 23.9 Å². The predicted molar refractivity (Wildman–Crippen MR) is 95.1 cm³/mol. The molecule has 2 heterocycles. The van der Waals surface area contributed by atoms with Gasteiger partial charge in [0.25, 0.3) is 5.56 Å². The Morgan fingerprint density at radius 2 is 2.12 bits per heavy atom. The molecule has 2 rings (SSSR count). The van der Waals surface area contributed by atoms with Crippen LogP contribution in [0.3, 0.4) is 0 Å². The fourth-order valence-corrected chi connectivity index (χ4v) is 2.86. The fraction of sp³-hybridized carbons (Fsp3) is 0.467. The van der Waals surface area contributed by atoms with Crippen molar-refractivity contribution in [3.63, 3.8) is 0 Å². The van der Waals surface area contributed by atoms with Gasteiger partial charge in [-0.25, -0.2) is 4.79 Å². The first-order valence-corrected chi connectivity index (χ1v) is 8.64. The van der Waals surface area contributed by atoms with E-state index in [1.807, 2.05) is 22.6 Å². The van der Waals surface area contributed by atoms with E-state index in [0.717, 1.165) is 4.57 Å². The number of halogens is 1. The first-order chi connectivity index (χ1) is 11.8. The van der Waals surface area contributed by atoms with Crippen molar-refractivity contribution in [3.8, 4) is 0 Å². The Morgan fingerprint density at radius 1 is 1.40 bits per heavy atom. The number of esters is 2. The molecule has 3 atom stereocenters. The molecule has 0 aromatic carbocycles. The maximum atomic E-state index is 12.2. The van der Waals surface area contributed by atoms with Crippen molar-refractivity contribution in [1.29, 1.82) is 0 Å². The monoisotopic (exact) mass is 464 g/mol. The number of H-pyrrole nitrogens is 1. The Morgan fingerprint density at radius 3 is 2.72 bits per heavy atom. The van der Waals surface area contributed by atoms with Gasteiger partial charge in [0.15, 0.2) is 6.23 Å². The highest BCUT2D eigenvalue weighted by atomic mass is 127. The second-order valence-corrected chi connectivity index (χ2v) is 6.10. The molecule has 1 aromatic heterocycles. The number of hydrogen-bond acceptors (Lipinski definition) is 7. The van der Waals surface area contributed by atoms with E-state index >= 15 is 0 Å². The lowest BCUT2D eigenvalue weighted by atomic mass is 10.2. The number of nitrogens with one attached hydrogen (secondary N) is 1. The highest BCUT2D eigenvalue weighted by Gasteiger charge is 2.40. The quantitative estimate of drug-likeness (QED) is 0.505. The van der Waals surface area contributed by atoms with E-state index in [0.29, 0.717) is 0 Å². The van der Waals surface area contributed by atoms with Gasteiger partial charge < -0.3 is 14.2 Å². The van der Waals surface area contributed by atoms with E-state index in [4.69, 9.17) is 14.2 Å². The van der Waals surface area contributed by atoms with Crippen LogP contribution in [-0.2, 0) is 23.8 Å². The van der Waals surface area contributed by atoms with Gasteiger partial charge >= 0.3 is 17.6 Å². The standard InChI is InChI=1S/C15H17IN2O7/c1-8(19)23-7-11-5-12(24-9(2)20)14(25-11)18-6-10(3-4-16)13(21)17-15(18)22/h3-4,6,11-12,14H,5,7H2,1-2H3,(H,17,21,22)/b4-3+/t11-,12-,14-/m1/s1. The molecule has 0 bridgehead atoms. The van der Waals surface area contributed by atoms with Crippen molar-refractivity contribution in [2.75, 3.05) is 6.61 Å². The topological polar surface area (TPSA) is 117 Å². The number of aromatic nitrogens is 2. The van der Waals surface area contributed by atoms with Crippen LogP contribution in [0.15, 0.2) is 19.9 Å². The third-order valence-electron chi connectivity index (χ3n) is 3.45. The van der Waals surface area contributed by atoms with E-state index in [1.54, 1.807) is 4.08 Å². The van der Waals surface area contributed by atoms with Crippen molar-refractivity contribution in [3.05, 3.63) is 36.7 Å². The summed E-state index contributed by atoms with van der Waals surface area (Å²) < 4.78 is 18.6. The van der Waals surface area contributed by atoms with Crippen LogP contribution >= 0.6 is 22.6 Å². The van der Waals surface area contributed by atoms with Crippen LogP contribution in [0.4, 0.5) is 0 Å². The predicted octanol–water partition coefficient (Wildman–Crippen LogP) is 0.725. The molecule has 9 nitrogen and oxygen atoms in total. The summed E-state index contributed by atoms with van der Waals surface area (Å²) in [5.74, 6) is -0.997. The minimum absolute atomic E-state index is 0.0256. The van der Waals surface area contributed by atoms with Gasteiger partial charge in [0.05, 0.1) is 11.7 Å². The zero-order valence-corrected chi connectivity index (χ0v) is 15.7. The molecule has 1 N–H and O–H groups in total. The van der Waals surface area contributed by atoms with E-state index < -0.39 is 41.6 Å². The molecule has 0 radical (unpaired) electrons. The number of carbonyl (C=O) groups excluding carboxylic acids is 2. The summed E-state index contributed by atoms with van der Waals surface area (Å²) in [4.78, 5) is 48.4. The van der Waals surface area contributed by atoms with Gasteiger partial charge in [0, 0.05) is 26.5 Å². The number of ether oxygens (including phenoxy) is 3. The Kier molecular flexibility index (Phi) is 6.53. The molecule has 0 saturated carbocycles. The van der Waals surface area contributed by atoms with Crippen LogP contribution in [0.2, 0.25) is 0 Å². The van der Waals surface area contributed by atoms with Gasteiger partial charge in [0.2, 0.25) is 0 Å². The molecule has 1 fully saturated rings. The molecular weight excluding hydrogens is 447 g/mol. The lowest BCUT2D eigenvalue weighted by Gasteiger charge is -2.20. The van der Waals surface area contributed by atoms with Crippen molar-refractivity contribution in [1.82, 2.24) is 9.55 Å². The number of hydrogen-bond donors (Lipinski definition) is 1. The third-order valence-corrected chi connectivity index (χ3v) is 3.81. The highest BCUT2D eigenvalue weighted by molar-refractivity contribution is 14.1. The number of nitrogens with zero attached hydrogens (tertiary/aromatic N) is 1. The summed E-state index contributed by atoms with van der Waals surface area (Å²) in [6.45, 7) is 2.49. The smallest absolute Gasteiger partial charge is 0.330 e. The first-order valence-electron chi connectivity index (χ1n) is 7.40. The van der Waals surface area contributed by atoms with Gasteiger partial charge in [-0.2, -0.15) is 0 Å². The van der Waals surface area contributed by atoms with Crippen LogP contribution in [0, 0.1) is 0 Å². The van der Waals surface area contributed by atoms with Crippen LogP contribution in [0.25, 0.3) is 6.08 Å². The van der Waals surface area contributed by atoms with E-state index in [9.17, 15) is 19.2 Å². The Hall–Kier alpha value is -1.95. The largest absolute Gasteiger partial charge is 0.463 e. The number of aromatic amines is 1. The number of rotatable bonds is 5. The molecule has 1 aliphatic rings. The molecule has 10 heteroatoms. The van der Waals surface area contributed by atoms with E-state index in [2.05, 4.69) is 4.98 Å². The van der Waals surface area contributed by atoms with Crippen molar-refractivity contribution in [2.24, 2.45) is 0 Å². The Labute approximate surface area is 156 Å². The van der Waals surface area contributed by atoms with Crippen molar-refractivity contribution >= 4 is 40.6 Å². The van der Waals surface area contributed by atoms with E-state index in [1.165, 1.54) is 26.1 Å².